The van der Waals surface area contributed by atoms with E-state index in [0.717, 1.165) is 21.6 Å². The first-order valence-electron chi connectivity index (χ1n) is 7.15. The number of nitrogens with zero attached hydrogens (tertiary/aromatic N) is 1. The van der Waals surface area contributed by atoms with Gasteiger partial charge in [0.1, 0.15) is 5.76 Å². The van der Waals surface area contributed by atoms with Gasteiger partial charge in [0.2, 0.25) is 0 Å². The van der Waals surface area contributed by atoms with Gasteiger partial charge in [-0.2, -0.15) is 0 Å². The number of rotatable bonds is 2. The molecule has 4 rings (SSSR count). The number of aromatic nitrogens is 1. The summed E-state index contributed by atoms with van der Waals surface area (Å²) >= 11 is 1.72. The van der Waals surface area contributed by atoms with Crippen LogP contribution in [0.15, 0.2) is 47.0 Å². The smallest absolute Gasteiger partial charge is 0.360 e. The molecule has 2 heterocycles. The van der Waals surface area contributed by atoms with Crippen molar-refractivity contribution in [2.75, 3.05) is 7.11 Å². The first kappa shape index (κ1) is 14.0. The average molecular weight is 323 g/mol. The van der Waals surface area contributed by atoms with E-state index in [1.165, 1.54) is 17.2 Å². The number of methoxy groups -OCH3 is 1. The van der Waals surface area contributed by atoms with E-state index in [0.29, 0.717) is 5.76 Å². The predicted molar refractivity (Wildman–Crippen MR) is 90.0 cm³/mol. The van der Waals surface area contributed by atoms with Gasteiger partial charge >= 0.3 is 5.97 Å². The molecule has 5 heteroatoms. The fourth-order valence-electron chi connectivity index (χ4n) is 2.83. The van der Waals surface area contributed by atoms with Crippen LogP contribution in [0, 0.1) is 6.92 Å². The molecule has 1 aliphatic heterocycles. The Morgan fingerprint density at radius 1 is 1.17 bits per heavy atom. The minimum atomic E-state index is -0.493. The molecule has 0 saturated heterocycles. The molecule has 0 N–H and O–H groups in total. The average Bonchev–Trinajstić information content (AvgIpc) is 3.18. The summed E-state index contributed by atoms with van der Waals surface area (Å²) in [6, 6.07) is 14.3. The van der Waals surface area contributed by atoms with Crippen LogP contribution < -0.4 is 0 Å². The number of thiophene rings is 1. The number of fused-ring (bicyclic) bond motifs is 2. The summed E-state index contributed by atoms with van der Waals surface area (Å²) in [5, 5.41) is 5.09. The lowest BCUT2D eigenvalue weighted by atomic mass is 10.0. The maximum absolute atomic E-state index is 11.9. The Kier molecular flexibility index (Phi) is 3.16. The highest BCUT2D eigenvalue weighted by Crippen LogP contribution is 2.43. The van der Waals surface area contributed by atoms with E-state index in [1.807, 2.05) is 31.2 Å². The van der Waals surface area contributed by atoms with Crippen molar-refractivity contribution in [1.82, 2.24) is 5.16 Å². The largest absolute Gasteiger partial charge is 0.464 e. The van der Waals surface area contributed by atoms with Crippen molar-refractivity contribution in [3.8, 4) is 21.6 Å². The highest BCUT2D eigenvalue weighted by atomic mass is 32.1. The van der Waals surface area contributed by atoms with E-state index < -0.39 is 5.97 Å². The van der Waals surface area contributed by atoms with Crippen LogP contribution in [0.2, 0.25) is 0 Å². The zero-order valence-electron chi connectivity index (χ0n) is 12.6. The molecule has 0 unspecified atom stereocenters. The third kappa shape index (κ3) is 2.12. The standard InChI is InChI=1S/C18H13NO3S/c1-10-16-12(15-9-11-5-3-4-6-14(11)23-15)7-8-13(16)17(19-22-10)18(20)21-2/h3-9H,1-2H3. The minimum absolute atomic E-state index is 0.209. The third-order valence-electron chi connectivity index (χ3n) is 3.91. The van der Waals surface area contributed by atoms with E-state index in [2.05, 4.69) is 23.4 Å². The van der Waals surface area contributed by atoms with Crippen molar-refractivity contribution in [3.63, 3.8) is 0 Å². The van der Waals surface area contributed by atoms with Gasteiger partial charge in [-0.15, -0.1) is 11.3 Å². The van der Waals surface area contributed by atoms with E-state index in [9.17, 15) is 4.79 Å². The second-order valence-corrected chi connectivity index (χ2v) is 6.35. The number of aryl methyl sites for hydroxylation is 1. The minimum Gasteiger partial charge on any atom is -0.464 e. The second kappa shape index (κ2) is 5.21. The summed E-state index contributed by atoms with van der Waals surface area (Å²) < 4.78 is 11.4. The second-order valence-electron chi connectivity index (χ2n) is 5.26. The molecular weight excluding hydrogens is 310 g/mol. The number of ether oxygens (including phenoxy) is 1. The number of hydrogen-bond acceptors (Lipinski definition) is 5. The van der Waals surface area contributed by atoms with Gasteiger partial charge in [-0.05, 0) is 24.4 Å². The summed E-state index contributed by atoms with van der Waals surface area (Å²) in [4.78, 5) is 13.0. The number of esters is 1. The maximum atomic E-state index is 11.9. The number of carbonyl (C=O) groups excluding carboxylic acids is 1. The van der Waals surface area contributed by atoms with Crippen LogP contribution in [0.5, 0.6) is 0 Å². The summed E-state index contributed by atoms with van der Waals surface area (Å²) in [7, 11) is 1.34. The molecule has 1 aromatic carbocycles. The molecule has 2 aromatic rings. The van der Waals surface area contributed by atoms with Gasteiger partial charge in [-0.25, -0.2) is 4.79 Å². The lowest BCUT2D eigenvalue weighted by Crippen LogP contribution is -2.07. The van der Waals surface area contributed by atoms with Crippen molar-refractivity contribution in [2.45, 2.75) is 6.92 Å². The van der Waals surface area contributed by atoms with Crippen LogP contribution in [0.3, 0.4) is 0 Å². The number of hydrogen-bond donors (Lipinski definition) is 0. The van der Waals surface area contributed by atoms with Crippen molar-refractivity contribution in [2.24, 2.45) is 0 Å². The summed E-state index contributed by atoms with van der Waals surface area (Å²) in [6.45, 7) is 1.85. The summed E-state index contributed by atoms with van der Waals surface area (Å²) in [6.07, 6.45) is 0. The van der Waals surface area contributed by atoms with Crippen LogP contribution >= 0.6 is 11.3 Å². The normalized spacial score (nSPS) is 11.2. The molecule has 2 aliphatic rings. The molecule has 1 aliphatic carbocycles. The van der Waals surface area contributed by atoms with Gasteiger partial charge in [-0.3, -0.25) is 0 Å². The molecule has 0 radical (unpaired) electrons. The summed E-state index contributed by atoms with van der Waals surface area (Å²) in [5.41, 5.74) is 2.93. The Bertz CT molecular complexity index is 966. The Hall–Kier alpha value is -2.66. The summed E-state index contributed by atoms with van der Waals surface area (Å²) in [5.74, 6) is 0.192. The molecule has 0 fully saturated rings. The molecule has 0 saturated carbocycles. The topological polar surface area (TPSA) is 52.3 Å². The molecule has 1 aromatic heterocycles. The highest BCUT2D eigenvalue weighted by Gasteiger charge is 2.25. The maximum Gasteiger partial charge on any atom is 0.360 e. The van der Waals surface area contributed by atoms with Crippen LogP contribution in [-0.4, -0.2) is 18.2 Å². The van der Waals surface area contributed by atoms with Gasteiger partial charge in [0.05, 0.1) is 7.11 Å². The van der Waals surface area contributed by atoms with Gasteiger partial charge < -0.3 is 9.26 Å². The zero-order chi connectivity index (χ0) is 16.0. The molecule has 0 bridgehead atoms. The van der Waals surface area contributed by atoms with E-state index in [-0.39, 0.29) is 5.69 Å². The molecular formula is C18H13NO3S. The molecule has 23 heavy (non-hydrogen) atoms. The zero-order valence-corrected chi connectivity index (χ0v) is 13.4. The molecule has 0 atom stereocenters. The quantitative estimate of drug-likeness (QED) is 0.499. The van der Waals surface area contributed by atoms with E-state index in [4.69, 9.17) is 9.26 Å². The lowest BCUT2D eigenvalue weighted by Gasteiger charge is -2.08. The van der Waals surface area contributed by atoms with Crippen molar-refractivity contribution in [1.29, 1.82) is 0 Å². The van der Waals surface area contributed by atoms with Crippen LogP contribution in [-0.2, 0) is 4.74 Å². The van der Waals surface area contributed by atoms with Crippen molar-refractivity contribution >= 4 is 27.4 Å². The Balaban J connectivity index is 1.93. The van der Waals surface area contributed by atoms with Gasteiger partial charge in [0, 0.05) is 26.3 Å². The van der Waals surface area contributed by atoms with Crippen molar-refractivity contribution < 1.29 is 14.1 Å². The molecule has 114 valence electrons. The molecule has 0 amide bonds. The van der Waals surface area contributed by atoms with Crippen LogP contribution in [0.4, 0.5) is 0 Å². The van der Waals surface area contributed by atoms with Crippen LogP contribution in [0.1, 0.15) is 16.2 Å². The van der Waals surface area contributed by atoms with Gasteiger partial charge in [0.25, 0.3) is 0 Å². The van der Waals surface area contributed by atoms with E-state index in [1.54, 1.807) is 11.3 Å². The third-order valence-corrected chi connectivity index (χ3v) is 5.06. The van der Waals surface area contributed by atoms with Gasteiger partial charge in [0.15, 0.2) is 5.69 Å². The highest BCUT2D eigenvalue weighted by molar-refractivity contribution is 7.22. The monoisotopic (exact) mass is 323 g/mol. The van der Waals surface area contributed by atoms with Crippen molar-refractivity contribution in [3.05, 3.63) is 53.9 Å². The lowest BCUT2D eigenvalue weighted by molar-refractivity contribution is 0.0585. The first-order chi connectivity index (χ1) is 11.2. The fourth-order valence-corrected chi connectivity index (χ4v) is 3.92. The van der Waals surface area contributed by atoms with Crippen LogP contribution in [0.25, 0.3) is 31.7 Å². The first-order valence-corrected chi connectivity index (χ1v) is 7.97. The SMILES string of the molecule is COC(=O)c1noc(C)c2c(-c3cc4ccccc4s3)ccc1-2. The van der Waals surface area contributed by atoms with Gasteiger partial charge in [-0.1, -0.05) is 35.5 Å². The fraction of sp³-hybridized carbons (Fsp3) is 0.111. The molecule has 0 spiro atoms. The number of benzene rings is 1. The number of carbonyl (C=O) groups is 1. The Morgan fingerprint density at radius 2 is 1.96 bits per heavy atom. The Morgan fingerprint density at radius 3 is 2.74 bits per heavy atom. The molecule has 4 nitrogen and oxygen atoms in total. The predicted octanol–water partition coefficient (Wildman–Crippen LogP) is 4.76. The van der Waals surface area contributed by atoms with E-state index >= 15 is 0 Å². The Labute approximate surface area is 136 Å².